The van der Waals surface area contributed by atoms with E-state index in [4.69, 9.17) is 21.7 Å². The molecule has 140 valence electrons. The van der Waals surface area contributed by atoms with Crippen LogP contribution in [0.3, 0.4) is 0 Å². The summed E-state index contributed by atoms with van der Waals surface area (Å²) in [5.41, 5.74) is 10.7. The van der Waals surface area contributed by atoms with E-state index in [1.54, 1.807) is 0 Å². The number of aliphatic carboxylic acids is 1. The highest BCUT2D eigenvalue weighted by Gasteiger charge is 2.28. The zero-order valence-electron chi connectivity index (χ0n) is 13.3. The van der Waals surface area contributed by atoms with E-state index >= 15 is 0 Å². The van der Waals surface area contributed by atoms with E-state index in [0.29, 0.717) is 0 Å². The maximum atomic E-state index is 11.9. The third kappa shape index (κ3) is 5.98. The number of aromatic amines is 1. The van der Waals surface area contributed by atoms with Gasteiger partial charge in [-0.05, 0) is 6.92 Å². The van der Waals surface area contributed by atoms with Gasteiger partial charge in [-0.25, -0.2) is 9.59 Å². The molecule has 0 saturated carbocycles. The normalized spacial score (nSPS) is 15.7. The van der Waals surface area contributed by atoms with Crippen LogP contribution in [0.5, 0.6) is 0 Å². The Balaban J connectivity index is 2.89. The number of urea groups is 1. The summed E-state index contributed by atoms with van der Waals surface area (Å²) in [4.78, 5) is 36.8. The Hall–Kier alpha value is -2.77. The van der Waals surface area contributed by atoms with Crippen molar-refractivity contribution < 1.29 is 29.7 Å². The van der Waals surface area contributed by atoms with Crippen LogP contribution in [0, 0.1) is 0 Å². The highest BCUT2D eigenvalue weighted by molar-refractivity contribution is 5.83. The molecule has 0 aromatic carbocycles. The third-order valence-electron chi connectivity index (χ3n) is 3.15. The molecule has 0 radical (unpaired) electrons. The van der Waals surface area contributed by atoms with Crippen molar-refractivity contribution in [2.45, 2.75) is 37.6 Å². The fourth-order valence-electron chi connectivity index (χ4n) is 1.85. The average molecular weight is 359 g/mol. The highest BCUT2D eigenvalue weighted by Crippen LogP contribution is 2.14. The van der Waals surface area contributed by atoms with E-state index < -0.39 is 48.7 Å². The molecule has 13 nitrogen and oxygen atoms in total. The Morgan fingerprint density at radius 2 is 1.84 bits per heavy atom. The molecule has 1 aromatic rings. The maximum Gasteiger partial charge on any atom is 0.328 e. The second kappa shape index (κ2) is 8.91. The number of nitrogens with zero attached hydrogens (tertiary/aromatic N) is 2. The summed E-state index contributed by atoms with van der Waals surface area (Å²) in [7, 11) is 0. The molecule has 0 aliphatic heterocycles. The Bertz CT molecular complexity index is 619. The number of hydrogen-bond acceptors (Lipinski definition) is 8. The first kappa shape index (κ1) is 20.3. The average Bonchev–Trinajstić information content (AvgIpc) is 3.00. The lowest BCUT2D eigenvalue weighted by atomic mass is 10.1. The summed E-state index contributed by atoms with van der Waals surface area (Å²) in [6.07, 6.45) is -1.71. The topological polar surface area (TPSA) is 230 Å². The smallest absolute Gasteiger partial charge is 0.328 e. The molecule has 10 N–H and O–H groups in total. The Labute approximate surface area is 141 Å². The number of nitrogens with two attached hydrogens (primary N) is 2. The molecular weight excluding hydrogens is 338 g/mol. The number of aliphatic hydroxyl groups excluding tert-OH is 2. The van der Waals surface area contributed by atoms with Crippen molar-refractivity contribution in [3.63, 3.8) is 0 Å². The van der Waals surface area contributed by atoms with Crippen molar-refractivity contribution in [2.24, 2.45) is 11.5 Å². The standard InChI is InChI=1S/C12H21N7O6/c1-4(21)8(11(23)24)16-12(25)15-6(2-7(14)22)10-17-9(18-19-10)5(13)3-20/h4-6,8,20-21H,2-3,13H2,1H3,(H2,14,22)(H,23,24)(H2,15,16,25)(H,17,18,19)/t4-,5-,6-,8-/m0/s1. The van der Waals surface area contributed by atoms with Crippen molar-refractivity contribution in [1.29, 1.82) is 0 Å². The summed E-state index contributed by atoms with van der Waals surface area (Å²) in [6, 6.07) is -4.41. The number of primary amides is 1. The number of nitrogens with one attached hydrogen (secondary N) is 3. The Morgan fingerprint density at radius 1 is 1.24 bits per heavy atom. The fraction of sp³-hybridized carbons (Fsp3) is 0.583. The molecule has 0 unspecified atom stereocenters. The molecular formula is C12H21N7O6. The minimum atomic E-state index is -1.55. The van der Waals surface area contributed by atoms with Gasteiger partial charge in [0, 0.05) is 0 Å². The number of rotatable bonds is 9. The molecule has 25 heavy (non-hydrogen) atoms. The number of aromatic nitrogens is 3. The highest BCUT2D eigenvalue weighted by atomic mass is 16.4. The van der Waals surface area contributed by atoms with E-state index in [2.05, 4.69) is 25.8 Å². The van der Waals surface area contributed by atoms with Crippen LogP contribution in [0.4, 0.5) is 4.79 Å². The van der Waals surface area contributed by atoms with Gasteiger partial charge in [-0.15, -0.1) is 10.2 Å². The summed E-state index contributed by atoms with van der Waals surface area (Å²) in [5, 5.41) is 39.1. The molecule has 0 aliphatic carbocycles. The van der Waals surface area contributed by atoms with Gasteiger partial charge in [-0.3, -0.25) is 4.79 Å². The molecule has 0 saturated heterocycles. The zero-order valence-corrected chi connectivity index (χ0v) is 13.3. The van der Waals surface area contributed by atoms with Crippen LogP contribution in [-0.2, 0) is 9.59 Å². The third-order valence-corrected chi connectivity index (χ3v) is 3.15. The van der Waals surface area contributed by atoms with Crippen LogP contribution in [0.25, 0.3) is 0 Å². The van der Waals surface area contributed by atoms with Gasteiger partial charge in [0.15, 0.2) is 11.9 Å². The first-order valence-electron chi connectivity index (χ1n) is 7.20. The molecule has 4 atom stereocenters. The van der Waals surface area contributed by atoms with E-state index in [9.17, 15) is 19.5 Å². The first-order valence-corrected chi connectivity index (χ1v) is 7.20. The minimum Gasteiger partial charge on any atom is -0.480 e. The predicted molar refractivity (Wildman–Crippen MR) is 81.7 cm³/mol. The molecule has 1 aromatic heterocycles. The lowest BCUT2D eigenvalue weighted by Crippen LogP contribution is -2.52. The van der Waals surface area contributed by atoms with Crippen LogP contribution >= 0.6 is 0 Å². The number of carboxylic acids is 1. The molecule has 0 bridgehead atoms. The van der Waals surface area contributed by atoms with Crippen LogP contribution in [0.1, 0.15) is 37.1 Å². The number of carbonyl (C=O) groups excluding carboxylic acids is 2. The van der Waals surface area contributed by atoms with Crippen LogP contribution < -0.4 is 22.1 Å². The number of hydrogen-bond donors (Lipinski definition) is 8. The van der Waals surface area contributed by atoms with Crippen LogP contribution in [-0.4, -0.2) is 67.2 Å². The molecule has 13 heteroatoms. The van der Waals surface area contributed by atoms with Gasteiger partial charge < -0.3 is 42.4 Å². The lowest BCUT2D eigenvalue weighted by Gasteiger charge is -2.20. The predicted octanol–water partition coefficient (Wildman–Crippen LogP) is -3.15. The van der Waals surface area contributed by atoms with Gasteiger partial charge >= 0.3 is 12.0 Å². The number of carboxylic acid groups (broad SMARTS) is 1. The molecule has 1 heterocycles. The first-order chi connectivity index (χ1) is 11.6. The fourth-order valence-corrected chi connectivity index (χ4v) is 1.85. The van der Waals surface area contributed by atoms with Gasteiger partial charge in [0.05, 0.1) is 31.2 Å². The minimum absolute atomic E-state index is 0.0387. The van der Waals surface area contributed by atoms with Crippen molar-refractivity contribution in [3.8, 4) is 0 Å². The molecule has 3 amide bonds. The SMILES string of the molecule is C[C@H](O)[C@H](NC(=O)N[C@@H](CC(N)=O)c1nnc([C@@H](N)CO)[nH]1)C(=O)O. The quantitative estimate of drug-likeness (QED) is 0.222. The maximum absolute atomic E-state index is 11.9. The lowest BCUT2D eigenvalue weighted by molar-refractivity contribution is -0.141. The van der Waals surface area contributed by atoms with Crippen molar-refractivity contribution in [1.82, 2.24) is 25.8 Å². The summed E-state index contributed by atoms with van der Waals surface area (Å²) < 4.78 is 0. The van der Waals surface area contributed by atoms with Crippen molar-refractivity contribution in [2.75, 3.05) is 6.61 Å². The van der Waals surface area contributed by atoms with Gasteiger partial charge in [0.25, 0.3) is 0 Å². The monoisotopic (exact) mass is 359 g/mol. The van der Waals surface area contributed by atoms with Crippen LogP contribution in [0.15, 0.2) is 0 Å². The van der Waals surface area contributed by atoms with Gasteiger partial charge in [-0.1, -0.05) is 0 Å². The number of aliphatic hydroxyl groups is 2. The Kier molecular flexibility index (Phi) is 7.22. The molecule has 0 aliphatic rings. The largest absolute Gasteiger partial charge is 0.480 e. The van der Waals surface area contributed by atoms with E-state index in [0.717, 1.165) is 0 Å². The number of amides is 3. The summed E-state index contributed by atoms with van der Waals surface area (Å²) in [5.74, 6) is -2.04. The van der Waals surface area contributed by atoms with Gasteiger partial charge in [0.1, 0.15) is 5.82 Å². The number of H-pyrrole nitrogens is 1. The molecule has 1 rings (SSSR count). The van der Waals surface area contributed by atoms with Crippen LogP contribution in [0.2, 0.25) is 0 Å². The summed E-state index contributed by atoms with van der Waals surface area (Å²) in [6.45, 7) is 0.788. The molecule has 0 fully saturated rings. The van der Waals surface area contributed by atoms with E-state index in [-0.39, 0.29) is 18.1 Å². The number of carbonyl (C=O) groups is 3. The zero-order chi connectivity index (χ0) is 19.1. The van der Waals surface area contributed by atoms with E-state index in [1.807, 2.05) is 0 Å². The van der Waals surface area contributed by atoms with E-state index in [1.165, 1.54) is 6.92 Å². The second-order valence-electron chi connectivity index (χ2n) is 5.28. The van der Waals surface area contributed by atoms with Gasteiger partial charge in [-0.2, -0.15) is 0 Å². The molecule has 0 spiro atoms. The van der Waals surface area contributed by atoms with Crippen molar-refractivity contribution >= 4 is 17.9 Å². The Morgan fingerprint density at radius 3 is 2.32 bits per heavy atom. The second-order valence-corrected chi connectivity index (χ2v) is 5.28. The van der Waals surface area contributed by atoms with Gasteiger partial charge in [0.2, 0.25) is 5.91 Å². The summed E-state index contributed by atoms with van der Waals surface area (Å²) >= 11 is 0. The van der Waals surface area contributed by atoms with Crippen molar-refractivity contribution in [3.05, 3.63) is 11.6 Å².